The van der Waals surface area contributed by atoms with Crippen LogP contribution in [0.1, 0.15) is 44.4 Å². The molecule has 19 heavy (non-hydrogen) atoms. The Kier molecular flexibility index (Phi) is 6.36. The van der Waals surface area contributed by atoms with E-state index in [0.717, 1.165) is 18.4 Å². The Balaban J connectivity index is 2.64. The van der Waals surface area contributed by atoms with Crippen LogP contribution >= 0.6 is 0 Å². The summed E-state index contributed by atoms with van der Waals surface area (Å²) in [4.78, 5) is 11.7. The zero-order valence-electron chi connectivity index (χ0n) is 11.9. The smallest absolute Gasteiger partial charge is 0.315 e. The standard InChI is InChI=1S/C15H24N2O2/c1-4-11(3)16-15(19)17-14(10-18)13-8-6-12(5-2)7-9-13/h6-9,11,14,18H,4-5,10H2,1-3H3,(H2,16,17,19). The molecule has 0 saturated carbocycles. The topological polar surface area (TPSA) is 61.4 Å². The Labute approximate surface area is 115 Å². The first-order valence-electron chi connectivity index (χ1n) is 6.87. The first-order valence-corrected chi connectivity index (χ1v) is 6.87. The van der Waals surface area contributed by atoms with E-state index in [9.17, 15) is 9.90 Å². The Hall–Kier alpha value is -1.55. The first kappa shape index (κ1) is 15.5. The van der Waals surface area contributed by atoms with Gasteiger partial charge in [0.2, 0.25) is 0 Å². The van der Waals surface area contributed by atoms with Gasteiger partial charge in [-0.25, -0.2) is 4.79 Å². The van der Waals surface area contributed by atoms with Crippen molar-refractivity contribution in [3.05, 3.63) is 35.4 Å². The minimum Gasteiger partial charge on any atom is -0.394 e. The molecule has 2 atom stereocenters. The van der Waals surface area contributed by atoms with E-state index < -0.39 is 0 Å². The number of aliphatic hydroxyl groups excluding tert-OH is 1. The maximum atomic E-state index is 11.7. The van der Waals surface area contributed by atoms with Crippen LogP contribution in [-0.2, 0) is 6.42 Å². The molecule has 1 rings (SSSR count). The van der Waals surface area contributed by atoms with E-state index in [-0.39, 0.29) is 24.7 Å². The average molecular weight is 264 g/mol. The summed E-state index contributed by atoms with van der Waals surface area (Å²) in [5.41, 5.74) is 2.16. The van der Waals surface area contributed by atoms with E-state index in [4.69, 9.17) is 0 Å². The monoisotopic (exact) mass is 264 g/mol. The molecule has 3 N–H and O–H groups in total. The van der Waals surface area contributed by atoms with Crippen molar-refractivity contribution in [1.29, 1.82) is 0 Å². The zero-order chi connectivity index (χ0) is 14.3. The first-order chi connectivity index (χ1) is 9.10. The Morgan fingerprint density at radius 3 is 2.32 bits per heavy atom. The van der Waals surface area contributed by atoms with Gasteiger partial charge in [-0.2, -0.15) is 0 Å². The van der Waals surface area contributed by atoms with Gasteiger partial charge < -0.3 is 15.7 Å². The van der Waals surface area contributed by atoms with Crippen LogP contribution in [0.25, 0.3) is 0 Å². The number of nitrogens with one attached hydrogen (secondary N) is 2. The van der Waals surface area contributed by atoms with Gasteiger partial charge in [0.1, 0.15) is 0 Å². The van der Waals surface area contributed by atoms with Gasteiger partial charge in [-0.15, -0.1) is 0 Å². The van der Waals surface area contributed by atoms with E-state index in [0.29, 0.717) is 0 Å². The van der Waals surface area contributed by atoms with Crippen LogP contribution in [0.4, 0.5) is 4.79 Å². The molecule has 0 saturated heterocycles. The van der Waals surface area contributed by atoms with Crippen LogP contribution < -0.4 is 10.6 Å². The number of hydrogen-bond donors (Lipinski definition) is 3. The quantitative estimate of drug-likeness (QED) is 0.738. The number of carbonyl (C=O) groups excluding carboxylic acids is 1. The third-order valence-corrected chi connectivity index (χ3v) is 3.27. The van der Waals surface area contributed by atoms with E-state index >= 15 is 0 Å². The van der Waals surface area contributed by atoms with Crippen molar-refractivity contribution < 1.29 is 9.90 Å². The molecule has 0 aliphatic rings. The number of hydrogen-bond acceptors (Lipinski definition) is 2. The summed E-state index contributed by atoms with van der Waals surface area (Å²) < 4.78 is 0. The molecule has 0 aliphatic carbocycles. The van der Waals surface area contributed by atoms with Gasteiger partial charge in [-0.3, -0.25) is 0 Å². The van der Waals surface area contributed by atoms with Crippen molar-refractivity contribution in [2.45, 2.75) is 45.7 Å². The molecule has 1 aromatic carbocycles. The van der Waals surface area contributed by atoms with E-state index in [2.05, 4.69) is 17.6 Å². The summed E-state index contributed by atoms with van der Waals surface area (Å²) in [5.74, 6) is 0. The third kappa shape index (κ3) is 4.91. The average Bonchev–Trinajstić information content (AvgIpc) is 2.44. The predicted octanol–water partition coefficient (Wildman–Crippen LogP) is 2.38. The molecule has 2 unspecified atom stereocenters. The molecule has 4 heteroatoms. The zero-order valence-corrected chi connectivity index (χ0v) is 11.9. The fourth-order valence-corrected chi connectivity index (χ4v) is 1.75. The summed E-state index contributed by atoms with van der Waals surface area (Å²) in [7, 11) is 0. The molecule has 0 spiro atoms. The van der Waals surface area contributed by atoms with Crippen molar-refractivity contribution in [3.63, 3.8) is 0 Å². The molecule has 0 aromatic heterocycles. The lowest BCUT2D eigenvalue weighted by molar-refractivity contribution is 0.214. The van der Waals surface area contributed by atoms with Gasteiger partial charge in [-0.05, 0) is 30.9 Å². The second-order valence-corrected chi connectivity index (χ2v) is 4.76. The highest BCUT2D eigenvalue weighted by Crippen LogP contribution is 2.14. The van der Waals surface area contributed by atoms with Gasteiger partial charge in [-0.1, -0.05) is 38.1 Å². The lowest BCUT2D eigenvalue weighted by Crippen LogP contribution is -2.43. The van der Waals surface area contributed by atoms with E-state index in [1.54, 1.807) is 0 Å². The fraction of sp³-hybridized carbons (Fsp3) is 0.533. The highest BCUT2D eigenvalue weighted by molar-refractivity contribution is 5.74. The molecule has 1 aromatic rings. The summed E-state index contributed by atoms with van der Waals surface area (Å²) in [5, 5.41) is 15.0. The number of amides is 2. The lowest BCUT2D eigenvalue weighted by Gasteiger charge is -2.19. The minimum atomic E-state index is -0.366. The fourth-order valence-electron chi connectivity index (χ4n) is 1.75. The van der Waals surface area contributed by atoms with Crippen LogP contribution in [0.2, 0.25) is 0 Å². The maximum absolute atomic E-state index is 11.7. The number of carbonyl (C=O) groups is 1. The molecule has 0 bridgehead atoms. The number of benzene rings is 1. The Bertz CT molecular complexity index is 390. The number of rotatable bonds is 6. The van der Waals surface area contributed by atoms with Crippen LogP contribution in [0, 0.1) is 0 Å². The van der Waals surface area contributed by atoms with Crippen molar-refractivity contribution in [3.8, 4) is 0 Å². The van der Waals surface area contributed by atoms with Crippen molar-refractivity contribution in [1.82, 2.24) is 10.6 Å². The van der Waals surface area contributed by atoms with Crippen LogP contribution in [0.5, 0.6) is 0 Å². The predicted molar refractivity (Wildman–Crippen MR) is 77.1 cm³/mol. The molecule has 0 heterocycles. The van der Waals surface area contributed by atoms with Gasteiger partial charge in [0.05, 0.1) is 12.6 Å². The maximum Gasteiger partial charge on any atom is 0.315 e. The van der Waals surface area contributed by atoms with Crippen LogP contribution in [-0.4, -0.2) is 23.8 Å². The van der Waals surface area contributed by atoms with Crippen LogP contribution in [0.15, 0.2) is 24.3 Å². The molecule has 106 valence electrons. The number of aliphatic hydroxyl groups is 1. The van der Waals surface area contributed by atoms with Gasteiger partial charge in [0, 0.05) is 6.04 Å². The molecular formula is C15H24N2O2. The van der Waals surface area contributed by atoms with E-state index in [1.165, 1.54) is 5.56 Å². The molecule has 0 fully saturated rings. The second-order valence-electron chi connectivity index (χ2n) is 4.76. The highest BCUT2D eigenvalue weighted by Gasteiger charge is 2.14. The SMILES string of the molecule is CCc1ccc(C(CO)NC(=O)NC(C)CC)cc1. The molecule has 0 aliphatic heterocycles. The number of aryl methyl sites for hydroxylation is 1. The van der Waals surface area contributed by atoms with E-state index in [1.807, 2.05) is 38.1 Å². The molecule has 4 nitrogen and oxygen atoms in total. The molecule has 2 amide bonds. The minimum absolute atomic E-state index is 0.112. The summed E-state index contributed by atoms with van der Waals surface area (Å²) in [6, 6.07) is 7.45. The summed E-state index contributed by atoms with van der Waals surface area (Å²) in [6.45, 7) is 5.94. The van der Waals surface area contributed by atoms with Gasteiger partial charge in [0.15, 0.2) is 0 Å². The Morgan fingerprint density at radius 2 is 1.84 bits per heavy atom. The summed E-state index contributed by atoms with van der Waals surface area (Å²) in [6.07, 6.45) is 1.86. The molecular weight excluding hydrogens is 240 g/mol. The molecule has 0 radical (unpaired) electrons. The number of urea groups is 1. The normalized spacial score (nSPS) is 13.7. The van der Waals surface area contributed by atoms with Crippen molar-refractivity contribution in [2.75, 3.05) is 6.61 Å². The largest absolute Gasteiger partial charge is 0.394 e. The third-order valence-electron chi connectivity index (χ3n) is 3.27. The second kappa shape index (κ2) is 7.79. The van der Waals surface area contributed by atoms with Gasteiger partial charge >= 0.3 is 6.03 Å². The van der Waals surface area contributed by atoms with Gasteiger partial charge in [0.25, 0.3) is 0 Å². The van der Waals surface area contributed by atoms with Crippen LogP contribution in [0.3, 0.4) is 0 Å². The van der Waals surface area contributed by atoms with Crippen molar-refractivity contribution >= 4 is 6.03 Å². The lowest BCUT2D eigenvalue weighted by atomic mass is 10.0. The van der Waals surface area contributed by atoms with Crippen molar-refractivity contribution in [2.24, 2.45) is 0 Å². The summed E-state index contributed by atoms with van der Waals surface area (Å²) >= 11 is 0. The Morgan fingerprint density at radius 1 is 1.21 bits per heavy atom. The highest BCUT2D eigenvalue weighted by atomic mass is 16.3.